The van der Waals surface area contributed by atoms with Crippen molar-refractivity contribution in [3.8, 4) is 0 Å². The summed E-state index contributed by atoms with van der Waals surface area (Å²) < 4.78 is 14.3. The van der Waals surface area contributed by atoms with Crippen molar-refractivity contribution in [2.24, 2.45) is 0 Å². The van der Waals surface area contributed by atoms with E-state index in [4.69, 9.17) is 23.2 Å². The van der Waals surface area contributed by atoms with Crippen molar-refractivity contribution in [2.45, 2.75) is 6.42 Å². The molecule has 2 aromatic rings. The Bertz CT molecular complexity index is 643. The SMILES string of the molecule is O=C(Cc1cc(Cl)ccc1Cl)c1ccc(Br)cc1F. The van der Waals surface area contributed by atoms with Crippen LogP contribution in [0.25, 0.3) is 0 Å². The number of hydrogen-bond acceptors (Lipinski definition) is 1. The van der Waals surface area contributed by atoms with Crippen LogP contribution in [0.5, 0.6) is 0 Å². The monoisotopic (exact) mass is 360 g/mol. The Labute approximate surface area is 128 Å². The van der Waals surface area contributed by atoms with Gasteiger partial charge in [0.2, 0.25) is 0 Å². The third-order valence-corrected chi connectivity index (χ3v) is 3.69. The van der Waals surface area contributed by atoms with E-state index in [1.165, 1.54) is 12.1 Å². The van der Waals surface area contributed by atoms with Gasteiger partial charge in [-0.3, -0.25) is 4.79 Å². The van der Waals surface area contributed by atoms with Gasteiger partial charge in [-0.2, -0.15) is 0 Å². The van der Waals surface area contributed by atoms with E-state index in [2.05, 4.69) is 15.9 Å². The van der Waals surface area contributed by atoms with E-state index >= 15 is 0 Å². The average Bonchev–Trinajstić information content (AvgIpc) is 2.33. The standard InChI is InChI=1S/C14H8BrCl2FO/c15-9-1-3-11(13(18)7-9)14(19)6-8-5-10(16)2-4-12(8)17/h1-5,7H,6H2. The molecule has 0 saturated carbocycles. The quantitative estimate of drug-likeness (QED) is 0.676. The Kier molecular flexibility index (Phi) is 4.61. The molecule has 0 N–H and O–H groups in total. The van der Waals surface area contributed by atoms with E-state index in [0.29, 0.717) is 20.1 Å². The van der Waals surface area contributed by atoms with Crippen LogP contribution >= 0.6 is 39.1 Å². The maximum atomic E-state index is 13.7. The van der Waals surface area contributed by atoms with Crippen LogP contribution in [0, 0.1) is 5.82 Å². The third kappa shape index (κ3) is 3.56. The van der Waals surface area contributed by atoms with Gasteiger partial charge < -0.3 is 0 Å². The second-order valence-electron chi connectivity index (χ2n) is 3.96. The van der Waals surface area contributed by atoms with Gasteiger partial charge in [-0.25, -0.2) is 4.39 Å². The fraction of sp³-hybridized carbons (Fsp3) is 0.0714. The number of halogens is 4. The first-order chi connectivity index (χ1) is 8.97. The number of carbonyl (C=O) groups is 1. The number of carbonyl (C=O) groups excluding carboxylic acids is 1. The first-order valence-corrected chi connectivity index (χ1v) is 6.94. The summed E-state index contributed by atoms with van der Waals surface area (Å²) in [6.07, 6.45) is 0.0119. The summed E-state index contributed by atoms with van der Waals surface area (Å²) in [5.74, 6) is -0.897. The van der Waals surface area contributed by atoms with Crippen molar-refractivity contribution < 1.29 is 9.18 Å². The van der Waals surface area contributed by atoms with Crippen LogP contribution in [0.2, 0.25) is 10.0 Å². The zero-order valence-corrected chi connectivity index (χ0v) is 12.7. The van der Waals surface area contributed by atoms with Crippen LogP contribution in [0.1, 0.15) is 15.9 Å². The highest BCUT2D eigenvalue weighted by Gasteiger charge is 2.14. The molecule has 0 bridgehead atoms. The lowest BCUT2D eigenvalue weighted by molar-refractivity contribution is 0.0989. The molecule has 0 heterocycles. The smallest absolute Gasteiger partial charge is 0.170 e. The van der Waals surface area contributed by atoms with Crippen molar-refractivity contribution in [2.75, 3.05) is 0 Å². The minimum absolute atomic E-state index is 0.0119. The predicted molar refractivity (Wildman–Crippen MR) is 78.6 cm³/mol. The fourth-order valence-corrected chi connectivity index (χ4v) is 2.37. The van der Waals surface area contributed by atoms with Crippen molar-refractivity contribution >= 4 is 44.9 Å². The third-order valence-electron chi connectivity index (χ3n) is 2.59. The molecular weight excluding hydrogens is 354 g/mol. The van der Waals surface area contributed by atoms with Crippen molar-refractivity contribution in [3.05, 3.63) is 67.9 Å². The zero-order valence-electron chi connectivity index (χ0n) is 9.59. The number of Topliss-reactive ketones (excluding diaryl/α,β-unsaturated/α-hetero) is 1. The number of rotatable bonds is 3. The van der Waals surface area contributed by atoms with Gasteiger partial charge in [-0.1, -0.05) is 39.1 Å². The van der Waals surface area contributed by atoms with Gasteiger partial charge in [-0.05, 0) is 42.0 Å². The van der Waals surface area contributed by atoms with Crippen molar-refractivity contribution in [3.63, 3.8) is 0 Å². The Balaban J connectivity index is 2.28. The molecule has 0 aliphatic rings. The Hall–Kier alpha value is -0.900. The molecule has 0 atom stereocenters. The molecule has 98 valence electrons. The number of hydrogen-bond donors (Lipinski definition) is 0. The van der Waals surface area contributed by atoms with Gasteiger partial charge in [0, 0.05) is 20.9 Å². The normalized spacial score (nSPS) is 10.5. The van der Waals surface area contributed by atoms with E-state index in [9.17, 15) is 9.18 Å². The first-order valence-electron chi connectivity index (χ1n) is 5.39. The molecule has 0 aliphatic carbocycles. The first kappa shape index (κ1) is 14.5. The maximum absolute atomic E-state index is 13.7. The second kappa shape index (κ2) is 6.04. The molecule has 1 nitrogen and oxygen atoms in total. The molecular formula is C14H8BrCl2FO. The van der Waals surface area contributed by atoms with Crippen LogP contribution in [0.15, 0.2) is 40.9 Å². The molecule has 0 aromatic heterocycles. The van der Waals surface area contributed by atoms with E-state index < -0.39 is 5.82 Å². The van der Waals surface area contributed by atoms with Gasteiger partial charge in [-0.15, -0.1) is 0 Å². The van der Waals surface area contributed by atoms with Crippen LogP contribution < -0.4 is 0 Å². The Morgan fingerprint density at radius 3 is 2.58 bits per heavy atom. The zero-order chi connectivity index (χ0) is 14.0. The van der Waals surface area contributed by atoms with Gasteiger partial charge in [0.15, 0.2) is 5.78 Å². The summed E-state index contributed by atoms with van der Waals surface area (Å²) in [6.45, 7) is 0. The van der Waals surface area contributed by atoms with Crippen LogP contribution in [0.3, 0.4) is 0 Å². The largest absolute Gasteiger partial charge is 0.294 e. The lowest BCUT2D eigenvalue weighted by Gasteiger charge is -2.06. The highest BCUT2D eigenvalue weighted by atomic mass is 79.9. The molecule has 0 aliphatic heterocycles. The molecule has 19 heavy (non-hydrogen) atoms. The summed E-state index contributed by atoms with van der Waals surface area (Å²) in [4.78, 5) is 12.1. The topological polar surface area (TPSA) is 17.1 Å². The van der Waals surface area contributed by atoms with Gasteiger partial charge in [0.1, 0.15) is 5.82 Å². The lowest BCUT2D eigenvalue weighted by Crippen LogP contribution is -2.06. The number of ketones is 1. The molecule has 5 heteroatoms. The molecule has 0 radical (unpaired) electrons. The second-order valence-corrected chi connectivity index (χ2v) is 5.72. The van der Waals surface area contributed by atoms with E-state index in [1.807, 2.05) is 0 Å². The molecule has 2 rings (SSSR count). The van der Waals surface area contributed by atoms with Gasteiger partial charge >= 0.3 is 0 Å². The van der Waals surface area contributed by atoms with Crippen LogP contribution in [-0.4, -0.2) is 5.78 Å². The van der Waals surface area contributed by atoms with Crippen molar-refractivity contribution in [1.82, 2.24) is 0 Å². The Morgan fingerprint density at radius 2 is 1.89 bits per heavy atom. The molecule has 0 fully saturated rings. The van der Waals surface area contributed by atoms with Gasteiger partial charge in [0.25, 0.3) is 0 Å². The molecule has 0 unspecified atom stereocenters. The minimum atomic E-state index is -0.558. The van der Waals surface area contributed by atoms with Gasteiger partial charge in [0.05, 0.1) is 5.56 Å². The summed E-state index contributed by atoms with van der Waals surface area (Å²) in [6, 6.07) is 9.18. The maximum Gasteiger partial charge on any atom is 0.170 e. The Morgan fingerprint density at radius 1 is 1.16 bits per heavy atom. The molecule has 2 aromatic carbocycles. The molecule has 0 spiro atoms. The predicted octanol–water partition coefficient (Wildman–Crippen LogP) is 5.32. The average molecular weight is 362 g/mol. The minimum Gasteiger partial charge on any atom is -0.294 e. The molecule has 0 amide bonds. The van der Waals surface area contributed by atoms with Crippen molar-refractivity contribution in [1.29, 1.82) is 0 Å². The lowest BCUT2D eigenvalue weighted by atomic mass is 10.0. The highest BCUT2D eigenvalue weighted by molar-refractivity contribution is 9.10. The van der Waals surface area contributed by atoms with E-state index in [-0.39, 0.29) is 17.8 Å². The van der Waals surface area contributed by atoms with Crippen LogP contribution in [-0.2, 0) is 6.42 Å². The van der Waals surface area contributed by atoms with Crippen LogP contribution in [0.4, 0.5) is 4.39 Å². The van der Waals surface area contributed by atoms with E-state index in [1.54, 1.807) is 24.3 Å². The van der Waals surface area contributed by atoms with E-state index in [0.717, 1.165) is 0 Å². The number of benzene rings is 2. The summed E-state index contributed by atoms with van der Waals surface area (Å²) in [7, 11) is 0. The molecule has 0 saturated heterocycles. The summed E-state index contributed by atoms with van der Waals surface area (Å²) >= 11 is 15.0. The fourth-order valence-electron chi connectivity index (χ4n) is 1.66. The highest BCUT2D eigenvalue weighted by Crippen LogP contribution is 2.23. The summed E-state index contributed by atoms with van der Waals surface area (Å²) in [5.41, 5.74) is 0.626. The summed E-state index contributed by atoms with van der Waals surface area (Å²) in [5, 5.41) is 0.929.